The number of benzene rings is 2. The van der Waals surface area contributed by atoms with E-state index in [2.05, 4.69) is 26.6 Å². The lowest BCUT2D eigenvalue weighted by molar-refractivity contribution is -0.118. The van der Waals surface area contributed by atoms with Gasteiger partial charge in [-0.1, -0.05) is 47.3 Å². The van der Waals surface area contributed by atoms with Gasteiger partial charge in [-0.2, -0.15) is 0 Å². The number of nitrogens with one attached hydrogen (secondary N) is 2. The van der Waals surface area contributed by atoms with Gasteiger partial charge in [-0.3, -0.25) is 9.59 Å². The quantitative estimate of drug-likeness (QED) is 0.669. The summed E-state index contributed by atoms with van der Waals surface area (Å²) in [6.07, 6.45) is 5.56. The fourth-order valence-electron chi connectivity index (χ4n) is 3.34. The Labute approximate surface area is 174 Å². The van der Waals surface area contributed by atoms with Crippen LogP contribution < -0.4 is 15.4 Å². The highest BCUT2D eigenvalue weighted by molar-refractivity contribution is 9.10. The predicted octanol–water partition coefficient (Wildman–Crippen LogP) is 4.84. The van der Waals surface area contributed by atoms with Crippen molar-refractivity contribution in [3.05, 3.63) is 58.1 Å². The first kappa shape index (κ1) is 20.4. The van der Waals surface area contributed by atoms with Gasteiger partial charge in [-0.05, 0) is 55.7 Å². The number of halogens is 1. The van der Waals surface area contributed by atoms with Crippen LogP contribution >= 0.6 is 15.9 Å². The first-order chi connectivity index (χ1) is 13.5. The Morgan fingerprint density at radius 3 is 2.61 bits per heavy atom. The SMILES string of the molecule is Cc1cc(OCC(=O)Nc2ccccc2C(=O)NC2CCCCC2)ccc1Br. The molecule has 1 aliphatic rings. The zero-order chi connectivity index (χ0) is 19.9. The van der Waals surface area contributed by atoms with Crippen molar-refractivity contribution in [3.63, 3.8) is 0 Å². The van der Waals surface area contributed by atoms with Gasteiger partial charge in [0.15, 0.2) is 6.61 Å². The van der Waals surface area contributed by atoms with Gasteiger partial charge in [-0.25, -0.2) is 0 Å². The lowest BCUT2D eigenvalue weighted by Gasteiger charge is -2.23. The summed E-state index contributed by atoms with van der Waals surface area (Å²) in [6.45, 7) is 1.83. The molecule has 3 rings (SSSR count). The van der Waals surface area contributed by atoms with Crippen molar-refractivity contribution in [2.45, 2.75) is 45.1 Å². The second-order valence-corrected chi connectivity index (χ2v) is 7.96. The van der Waals surface area contributed by atoms with Crippen LogP contribution in [-0.4, -0.2) is 24.5 Å². The van der Waals surface area contributed by atoms with Gasteiger partial charge in [-0.15, -0.1) is 0 Å². The highest BCUT2D eigenvalue weighted by Crippen LogP contribution is 2.22. The van der Waals surface area contributed by atoms with Gasteiger partial charge in [0.25, 0.3) is 11.8 Å². The van der Waals surface area contributed by atoms with Crippen molar-refractivity contribution in [2.75, 3.05) is 11.9 Å². The Bertz CT molecular complexity index is 847. The summed E-state index contributed by atoms with van der Waals surface area (Å²) < 4.78 is 6.55. The van der Waals surface area contributed by atoms with E-state index < -0.39 is 0 Å². The summed E-state index contributed by atoms with van der Waals surface area (Å²) in [5.41, 5.74) is 2.00. The average Bonchev–Trinajstić information content (AvgIpc) is 2.70. The number of para-hydroxylation sites is 1. The van der Waals surface area contributed by atoms with Gasteiger partial charge in [0.1, 0.15) is 5.75 Å². The van der Waals surface area contributed by atoms with Crippen LogP contribution in [0, 0.1) is 6.92 Å². The standard InChI is InChI=1S/C22H25BrN2O3/c1-15-13-17(11-12-19(15)23)28-14-21(26)25-20-10-6-5-9-18(20)22(27)24-16-7-3-2-4-8-16/h5-6,9-13,16H,2-4,7-8,14H2,1H3,(H,24,27)(H,25,26). The first-order valence-corrected chi connectivity index (χ1v) is 10.4. The maximum Gasteiger partial charge on any atom is 0.262 e. The predicted molar refractivity (Wildman–Crippen MR) is 114 cm³/mol. The molecule has 0 radical (unpaired) electrons. The van der Waals surface area contributed by atoms with Crippen LogP contribution in [0.4, 0.5) is 5.69 Å². The van der Waals surface area contributed by atoms with Gasteiger partial charge < -0.3 is 15.4 Å². The van der Waals surface area contributed by atoms with Crippen LogP contribution in [0.3, 0.4) is 0 Å². The van der Waals surface area contributed by atoms with Crippen LogP contribution in [0.2, 0.25) is 0 Å². The van der Waals surface area contributed by atoms with Crippen molar-refractivity contribution in [3.8, 4) is 5.75 Å². The summed E-state index contributed by atoms with van der Waals surface area (Å²) in [5, 5.41) is 5.88. The second-order valence-electron chi connectivity index (χ2n) is 7.10. The van der Waals surface area contributed by atoms with Crippen LogP contribution in [-0.2, 0) is 4.79 Å². The number of carbonyl (C=O) groups is 2. The molecule has 0 aliphatic heterocycles. The normalized spacial score (nSPS) is 14.4. The largest absolute Gasteiger partial charge is 0.484 e. The molecule has 0 unspecified atom stereocenters. The third kappa shape index (κ3) is 5.58. The van der Waals surface area contributed by atoms with Crippen LogP contribution in [0.5, 0.6) is 5.75 Å². The Morgan fingerprint density at radius 2 is 1.86 bits per heavy atom. The second kappa shape index (κ2) is 9.73. The van der Waals surface area contributed by atoms with Crippen molar-refractivity contribution >= 4 is 33.4 Å². The Balaban J connectivity index is 1.59. The number of carbonyl (C=O) groups excluding carboxylic acids is 2. The minimum absolute atomic E-state index is 0.125. The van der Waals surface area contributed by atoms with E-state index in [4.69, 9.17) is 4.74 Å². The molecule has 5 nitrogen and oxygen atoms in total. The van der Waals surface area contributed by atoms with E-state index in [1.54, 1.807) is 30.3 Å². The van der Waals surface area contributed by atoms with Gasteiger partial charge in [0, 0.05) is 10.5 Å². The van der Waals surface area contributed by atoms with Gasteiger partial charge >= 0.3 is 0 Å². The third-order valence-corrected chi connectivity index (χ3v) is 5.78. The van der Waals surface area contributed by atoms with Crippen molar-refractivity contribution in [2.24, 2.45) is 0 Å². The van der Waals surface area contributed by atoms with E-state index in [-0.39, 0.29) is 24.5 Å². The Hall–Kier alpha value is -2.34. The molecule has 28 heavy (non-hydrogen) atoms. The number of amides is 2. The number of hydrogen-bond donors (Lipinski definition) is 2. The number of rotatable bonds is 6. The smallest absolute Gasteiger partial charge is 0.262 e. The third-order valence-electron chi connectivity index (χ3n) is 4.89. The maximum atomic E-state index is 12.7. The van der Waals surface area contributed by atoms with E-state index >= 15 is 0 Å². The van der Waals surface area contributed by atoms with Gasteiger partial charge in [0.05, 0.1) is 11.3 Å². The molecule has 6 heteroatoms. The molecule has 2 aromatic rings. The van der Waals surface area contributed by atoms with E-state index in [1.165, 1.54) is 6.42 Å². The molecular formula is C22H25BrN2O3. The Kier molecular flexibility index (Phi) is 7.09. The van der Waals surface area contributed by atoms with E-state index in [0.717, 1.165) is 35.7 Å². The molecule has 0 aromatic heterocycles. The molecule has 0 saturated heterocycles. The fourth-order valence-corrected chi connectivity index (χ4v) is 3.59. The lowest BCUT2D eigenvalue weighted by Crippen LogP contribution is -2.36. The summed E-state index contributed by atoms with van der Waals surface area (Å²) in [6, 6.07) is 12.8. The highest BCUT2D eigenvalue weighted by Gasteiger charge is 2.19. The van der Waals surface area contributed by atoms with Crippen molar-refractivity contribution in [1.82, 2.24) is 5.32 Å². The number of ether oxygens (including phenoxy) is 1. The summed E-state index contributed by atoms with van der Waals surface area (Å²) >= 11 is 3.44. The Morgan fingerprint density at radius 1 is 1.11 bits per heavy atom. The number of aryl methyl sites for hydroxylation is 1. The average molecular weight is 445 g/mol. The zero-order valence-corrected chi connectivity index (χ0v) is 17.6. The van der Waals surface area contributed by atoms with E-state index in [1.807, 2.05) is 19.1 Å². The molecular weight excluding hydrogens is 420 g/mol. The molecule has 0 heterocycles. The molecule has 2 aromatic carbocycles. The minimum Gasteiger partial charge on any atom is -0.484 e. The summed E-state index contributed by atoms with van der Waals surface area (Å²) in [7, 11) is 0. The molecule has 1 fully saturated rings. The van der Waals surface area contributed by atoms with Crippen LogP contribution in [0.25, 0.3) is 0 Å². The summed E-state index contributed by atoms with van der Waals surface area (Å²) in [4.78, 5) is 25.0. The molecule has 148 valence electrons. The minimum atomic E-state index is -0.307. The maximum absolute atomic E-state index is 12.7. The molecule has 0 atom stereocenters. The fraction of sp³-hybridized carbons (Fsp3) is 0.364. The highest BCUT2D eigenvalue weighted by atomic mass is 79.9. The van der Waals surface area contributed by atoms with Crippen molar-refractivity contribution in [1.29, 1.82) is 0 Å². The monoisotopic (exact) mass is 444 g/mol. The lowest BCUT2D eigenvalue weighted by atomic mass is 9.95. The molecule has 1 aliphatic carbocycles. The van der Waals surface area contributed by atoms with Crippen LogP contribution in [0.1, 0.15) is 48.0 Å². The molecule has 0 bridgehead atoms. The van der Waals surface area contributed by atoms with Gasteiger partial charge in [0.2, 0.25) is 0 Å². The zero-order valence-electron chi connectivity index (χ0n) is 16.0. The topological polar surface area (TPSA) is 67.4 Å². The molecule has 2 amide bonds. The van der Waals surface area contributed by atoms with Crippen LogP contribution in [0.15, 0.2) is 46.9 Å². The first-order valence-electron chi connectivity index (χ1n) is 9.61. The molecule has 2 N–H and O–H groups in total. The molecule has 1 saturated carbocycles. The van der Waals surface area contributed by atoms with E-state index in [9.17, 15) is 9.59 Å². The number of anilines is 1. The summed E-state index contributed by atoms with van der Waals surface area (Å²) in [5.74, 6) is 0.171. The van der Waals surface area contributed by atoms with E-state index in [0.29, 0.717) is 17.0 Å². The molecule has 0 spiro atoms. The number of hydrogen-bond acceptors (Lipinski definition) is 3. The van der Waals surface area contributed by atoms with Crippen molar-refractivity contribution < 1.29 is 14.3 Å².